The van der Waals surface area contributed by atoms with Gasteiger partial charge in [0.05, 0.1) is 6.04 Å². The molecule has 2 rings (SSSR count). The van der Waals surface area contributed by atoms with Crippen molar-refractivity contribution in [1.82, 2.24) is 16.0 Å². The quantitative estimate of drug-likeness (QED) is 0.720. The van der Waals surface area contributed by atoms with Crippen molar-refractivity contribution in [2.75, 3.05) is 0 Å². The summed E-state index contributed by atoms with van der Waals surface area (Å²) in [6.45, 7) is 4.43. The third-order valence-corrected chi connectivity index (χ3v) is 4.79. The zero-order chi connectivity index (χ0) is 18.2. The Morgan fingerprint density at radius 3 is 2.40 bits per heavy atom. The first kappa shape index (κ1) is 19.6. The molecule has 1 aliphatic carbocycles. The Bertz CT molecular complexity index is 592. The van der Waals surface area contributed by atoms with Crippen molar-refractivity contribution in [3.63, 3.8) is 0 Å². The minimum atomic E-state index is -0.227. The number of benzene rings is 1. The molecule has 138 valence electrons. The Labute approximate surface area is 154 Å². The summed E-state index contributed by atoms with van der Waals surface area (Å²) in [5, 5.41) is 9.58. The van der Waals surface area contributed by atoms with Crippen LogP contribution >= 0.6 is 11.6 Å². The van der Waals surface area contributed by atoms with E-state index in [1.54, 1.807) is 6.07 Å². The second kappa shape index (κ2) is 9.66. The van der Waals surface area contributed by atoms with Crippen LogP contribution in [0.4, 0.5) is 4.79 Å². The molecule has 0 saturated heterocycles. The Hall–Kier alpha value is -1.75. The van der Waals surface area contributed by atoms with Gasteiger partial charge in [-0.2, -0.15) is 0 Å². The smallest absolute Gasteiger partial charge is 0.315 e. The first-order valence-electron chi connectivity index (χ1n) is 9.03. The second-order valence-electron chi connectivity index (χ2n) is 7.08. The molecule has 0 aliphatic heterocycles. The van der Waals surface area contributed by atoms with Crippen LogP contribution in [0.15, 0.2) is 24.3 Å². The first-order chi connectivity index (χ1) is 12.0. The molecule has 1 aromatic rings. The highest BCUT2D eigenvalue weighted by molar-refractivity contribution is 6.31. The second-order valence-corrected chi connectivity index (χ2v) is 7.49. The molecule has 0 heterocycles. The van der Waals surface area contributed by atoms with Crippen molar-refractivity contribution in [3.05, 3.63) is 34.9 Å². The lowest BCUT2D eigenvalue weighted by molar-refractivity contribution is -0.122. The predicted octanol–water partition coefficient (Wildman–Crippen LogP) is 3.61. The molecule has 2 atom stereocenters. The van der Waals surface area contributed by atoms with Gasteiger partial charge in [0.25, 0.3) is 0 Å². The van der Waals surface area contributed by atoms with Crippen LogP contribution in [-0.2, 0) is 11.3 Å². The number of urea groups is 1. The maximum absolute atomic E-state index is 12.2. The zero-order valence-electron chi connectivity index (χ0n) is 15.0. The van der Waals surface area contributed by atoms with E-state index in [1.807, 2.05) is 32.0 Å². The van der Waals surface area contributed by atoms with E-state index < -0.39 is 0 Å². The number of nitrogens with one attached hydrogen (secondary N) is 3. The minimum Gasteiger partial charge on any atom is -0.351 e. The highest BCUT2D eigenvalue weighted by Gasteiger charge is 2.27. The number of carbonyl (C=O) groups is 2. The van der Waals surface area contributed by atoms with Gasteiger partial charge in [-0.1, -0.05) is 56.5 Å². The van der Waals surface area contributed by atoms with Gasteiger partial charge in [-0.25, -0.2) is 4.79 Å². The Morgan fingerprint density at radius 1 is 1.12 bits per heavy atom. The highest BCUT2D eigenvalue weighted by Crippen LogP contribution is 2.19. The predicted molar refractivity (Wildman–Crippen MR) is 100 cm³/mol. The van der Waals surface area contributed by atoms with Crippen LogP contribution in [0.1, 0.15) is 51.5 Å². The highest BCUT2D eigenvalue weighted by atomic mass is 35.5. The molecule has 25 heavy (non-hydrogen) atoms. The number of rotatable bonds is 6. The summed E-state index contributed by atoms with van der Waals surface area (Å²) >= 11 is 6.10. The topological polar surface area (TPSA) is 70.2 Å². The molecule has 1 fully saturated rings. The summed E-state index contributed by atoms with van der Waals surface area (Å²) in [6, 6.07) is 7.19. The maximum Gasteiger partial charge on any atom is 0.315 e. The monoisotopic (exact) mass is 365 g/mol. The number of halogens is 1. The van der Waals surface area contributed by atoms with Crippen molar-refractivity contribution in [2.24, 2.45) is 5.92 Å². The fourth-order valence-electron chi connectivity index (χ4n) is 3.15. The molecular formula is C19H28ClN3O2. The van der Waals surface area contributed by atoms with Crippen LogP contribution in [0.2, 0.25) is 5.02 Å². The SMILES string of the molecule is CC(C)CC(=O)NC1CCCCC1NC(=O)NCc1ccccc1Cl. The molecule has 1 saturated carbocycles. The summed E-state index contributed by atoms with van der Waals surface area (Å²) in [6.07, 6.45) is 4.44. The molecule has 5 nitrogen and oxygen atoms in total. The maximum atomic E-state index is 12.2. The summed E-state index contributed by atoms with van der Waals surface area (Å²) in [5.74, 6) is 0.388. The Kier molecular flexibility index (Phi) is 7.56. The zero-order valence-corrected chi connectivity index (χ0v) is 15.7. The van der Waals surface area contributed by atoms with E-state index in [0.717, 1.165) is 31.2 Å². The van der Waals surface area contributed by atoms with Gasteiger partial charge in [-0.3, -0.25) is 4.79 Å². The lowest BCUT2D eigenvalue weighted by Crippen LogP contribution is -2.55. The van der Waals surface area contributed by atoms with Crippen molar-refractivity contribution in [2.45, 2.75) is 64.6 Å². The standard InChI is InChI=1S/C19H28ClN3O2/c1-13(2)11-18(24)22-16-9-5-6-10-17(16)23-19(25)21-12-14-7-3-4-8-15(14)20/h3-4,7-8,13,16-17H,5-6,9-12H2,1-2H3,(H,22,24)(H2,21,23,25). The molecule has 0 bridgehead atoms. The molecule has 1 aliphatic rings. The van der Waals surface area contributed by atoms with Gasteiger partial charge in [0.2, 0.25) is 5.91 Å². The summed E-state index contributed by atoms with van der Waals surface area (Å²) in [4.78, 5) is 24.3. The molecule has 1 aromatic carbocycles. The van der Waals surface area contributed by atoms with Gasteiger partial charge in [0, 0.05) is 24.0 Å². The normalized spacial score (nSPS) is 20.2. The number of carbonyl (C=O) groups excluding carboxylic acids is 2. The van der Waals surface area contributed by atoms with E-state index >= 15 is 0 Å². The average Bonchev–Trinajstić information content (AvgIpc) is 2.55. The summed E-state index contributed by atoms with van der Waals surface area (Å²) < 4.78 is 0. The largest absolute Gasteiger partial charge is 0.351 e. The van der Waals surface area contributed by atoms with Crippen molar-refractivity contribution >= 4 is 23.5 Å². The number of hydrogen-bond acceptors (Lipinski definition) is 2. The van der Waals surface area contributed by atoms with Gasteiger partial charge in [0.1, 0.15) is 0 Å². The van der Waals surface area contributed by atoms with Gasteiger partial charge in [-0.05, 0) is 30.4 Å². The van der Waals surface area contributed by atoms with E-state index in [0.29, 0.717) is 23.9 Å². The van der Waals surface area contributed by atoms with Gasteiger partial charge in [0.15, 0.2) is 0 Å². The van der Waals surface area contributed by atoms with E-state index in [9.17, 15) is 9.59 Å². The molecule has 3 N–H and O–H groups in total. The molecule has 0 aromatic heterocycles. The first-order valence-corrected chi connectivity index (χ1v) is 9.40. The van der Waals surface area contributed by atoms with Crippen LogP contribution in [0.25, 0.3) is 0 Å². The van der Waals surface area contributed by atoms with E-state index in [1.165, 1.54) is 0 Å². The molecule has 0 spiro atoms. The van der Waals surface area contributed by atoms with Crippen molar-refractivity contribution < 1.29 is 9.59 Å². The lowest BCUT2D eigenvalue weighted by Gasteiger charge is -2.33. The van der Waals surface area contributed by atoms with E-state index in [-0.39, 0.29) is 24.0 Å². The van der Waals surface area contributed by atoms with E-state index in [4.69, 9.17) is 11.6 Å². The molecule has 6 heteroatoms. The fraction of sp³-hybridized carbons (Fsp3) is 0.579. The van der Waals surface area contributed by atoms with Gasteiger partial charge >= 0.3 is 6.03 Å². The van der Waals surface area contributed by atoms with E-state index in [2.05, 4.69) is 16.0 Å². The van der Waals surface area contributed by atoms with Crippen LogP contribution in [0.3, 0.4) is 0 Å². The third-order valence-electron chi connectivity index (χ3n) is 4.42. The van der Waals surface area contributed by atoms with Gasteiger partial charge < -0.3 is 16.0 Å². The fourth-order valence-corrected chi connectivity index (χ4v) is 3.35. The number of amides is 3. The van der Waals surface area contributed by atoms with Crippen LogP contribution in [0, 0.1) is 5.92 Å². The van der Waals surface area contributed by atoms with Crippen molar-refractivity contribution in [1.29, 1.82) is 0 Å². The number of hydrogen-bond donors (Lipinski definition) is 3. The average molecular weight is 366 g/mol. The van der Waals surface area contributed by atoms with Gasteiger partial charge in [-0.15, -0.1) is 0 Å². The summed E-state index contributed by atoms with van der Waals surface area (Å²) in [7, 11) is 0. The molecule has 2 unspecified atom stereocenters. The Balaban J connectivity index is 1.84. The third kappa shape index (κ3) is 6.58. The van der Waals surface area contributed by atoms with Crippen LogP contribution in [0.5, 0.6) is 0 Å². The lowest BCUT2D eigenvalue weighted by atomic mass is 9.90. The molecular weight excluding hydrogens is 338 g/mol. The minimum absolute atomic E-state index is 0.00561. The van der Waals surface area contributed by atoms with Crippen molar-refractivity contribution in [3.8, 4) is 0 Å². The summed E-state index contributed by atoms with van der Waals surface area (Å²) in [5.41, 5.74) is 0.879. The van der Waals surface area contributed by atoms with Crippen LogP contribution in [-0.4, -0.2) is 24.0 Å². The van der Waals surface area contributed by atoms with Crippen LogP contribution < -0.4 is 16.0 Å². The molecule has 0 radical (unpaired) electrons. The molecule has 3 amide bonds. The Morgan fingerprint density at radius 2 is 1.76 bits per heavy atom.